The van der Waals surface area contributed by atoms with Gasteiger partial charge in [0.25, 0.3) is 0 Å². The largest absolute Gasteiger partial charge is 0.240 e. The van der Waals surface area contributed by atoms with Gasteiger partial charge in [0.05, 0.1) is 4.90 Å². The van der Waals surface area contributed by atoms with Crippen LogP contribution in [-0.4, -0.2) is 19.8 Å². The lowest BCUT2D eigenvalue weighted by Crippen LogP contribution is -2.25. The van der Waals surface area contributed by atoms with E-state index in [9.17, 15) is 8.42 Å². The average Bonchev–Trinajstić information content (AvgIpc) is 3.02. The van der Waals surface area contributed by atoms with Crippen molar-refractivity contribution < 1.29 is 8.42 Å². The van der Waals surface area contributed by atoms with E-state index in [1.54, 1.807) is 12.1 Å². The quantitative estimate of drug-likeness (QED) is 0.847. The van der Waals surface area contributed by atoms with Crippen molar-refractivity contribution in [3.8, 4) is 0 Å². The second kappa shape index (κ2) is 4.85. The third kappa shape index (κ3) is 3.06. The second-order valence-electron chi connectivity index (χ2n) is 3.98. The van der Waals surface area contributed by atoms with Gasteiger partial charge in [0.2, 0.25) is 10.0 Å². The van der Waals surface area contributed by atoms with Crippen molar-refractivity contribution >= 4 is 26.0 Å². The zero-order chi connectivity index (χ0) is 11.6. The molecule has 1 aliphatic rings. The molecule has 0 amide bonds. The Kier molecular flexibility index (Phi) is 3.66. The monoisotopic (exact) mass is 303 g/mol. The minimum absolute atomic E-state index is 0.159. The highest BCUT2D eigenvalue weighted by Gasteiger charge is 2.27. The Morgan fingerprint density at radius 3 is 2.38 bits per heavy atom. The third-order valence-corrected chi connectivity index (χ3v) is 4.45. The minimum Gasteiger partial charge on any atom is -0.208 e. The molecule has 1 saturated carbocycles. The zero-order valence-corrected chi connectivity index (χ0v) is 11.2. The van der Waals surface area contributed by atoms with Crippen molar-refractivity contribution in [2.75, 3.05) is 5.33 Å². The number of benzene rings is 1. The van der Waals surface area contributed by atoms with Crippen LogP contribution in [0.5, 0.6) is 0 Å². The molecule has 1 fully saturated rings. The lowest BCUT2D eigenvalue weighted by molar-refractivity contribution is 0.581. The Morgan fingerprint density at radius 1 is 1.25 bits per heavy atom. The number of rotatable bonds is 5. The van der Waals surface area contributed by atoms with Crippen molar-refractivity contribution in [2.24, 2.45) is 0 Å². The van der Waals surface area contributed by atoms with E-state index in [1.165, 1.54) is 0 Å². The predicted octanol–water partition coefficient (Wildman–Crippen LogP) is 2.06. The van der Waals surface area contributed by atoms with Gasteiger partial charge >= 0.3 is 0 Å². The average molecular weight is 304 g/mol. The van der Waals surface area contributed by atoms with E-state index in [0.29, 0.717) is 4.90 Å². The number of nitrogens with one attached hydrogen (secondary N) is 1. The molecule has 16 heavy (non-hydrogen) atoms. The predicted molar refractivity (Wildman–Crippen MR) is 67.3 cm³/mol. The van der Waals surface area contributed by atoms with Crippen molar-refractivity contribution in [2.45, 2.75) is 30.2 Å². The summed E-state index contributed by atoms with van der Waals surface area (Å²) in [5.41, 5.74) is 1.14. The minimum atomic E-state index is -3.29. The van der Waals surface area contributed by atoms with E-state index in [1.807, 2.05) is 12.1 Å². The molecule has 0 heterocycles. The van der Waals surface area contributed by atoms with Crippen LogP contribution in [0, 0.1) is 0 Å². The summed E-state index contributed by atoms with van der Waals surface area (Å²) in [7, 11) is -3.29. The van der Waals surface area contributed by atoms with Crippen LogP contribution in [-0.2, 0) is 16.4 Å². The standard InChI is InChI=1S/C11H14BrNO2S/c12-8-7-9-1-5-11(6-2-9)16(14,15)13-10-3-4-10/h1-2,5-6,10,13H,3-4,7-8H2. The highest BCUT2D eigenvalue weighted by molar-refractivity contribution is 9.09. The van der Waals surface area contributed by atoms with Crippen LogP contribution in [0.3, 0.4) is 0 Å². The van der Waals surface area contributed by atoms with E-state index in [4.69, 9.17) is 0 Å². The lowest BCUT2D eigenvalue weighted by atomic mass is 10.2. The summed E-state index contributed by atoms with van der Waals surface area (Å²) in [4.78, 5) is 0.359. The Morgan fingerprint density at radius 2 is 1.88 bits per heavy atom. The molecule has 1 aliphatic carbocycles. The molecule has 0 aromatic heterocycles. The molecule has 0 spiro atoms. The molecule has 0 unspecified atom stereocenters. The number of hydrogen-bond donors (Lipinski definition) is 1. The summed E-state index contributed by atoms with van der Waals surface area (Å²) in [6.07, 6.45) is 2.83. The van der Waals surface area contributed by atoms with Gasteiger partial charge in [0.1, 0.15) is 0 Å². The molecule has 1 N–H and O–H groups in total. The van der Waals surface area contributed by atoms with Gasteiger partial charge in [-0.1, -0.05) is 28.1 Å². The molecule has 3 nitrogen and oxygen atoms in total. The van der Waals surface area contributed by atoms with Gasteiger partial charge in [-0.15, -0.1) is 0 Å². The number of alkyl halides is 1. The number of aryl methyl sites for hydroxylation is 1. The maximum Gasteiger partial charge on any atom is 0.240 e. The van der Waals surface area contributed by atoms with Gasteiger partial charge in [0.15, 0.2) is 0 Å². The molecule has 5 heteroatoms. The van der Waals surface area contributed by atoms with Crippen molar-refractivity contribution in [1.82, 2.24) is 4.72 Å². The maximum absolute atomic E-state index is 11.8. The van der Waals surface area contributed by atoms with Crippen LogP contribution in [0.25, 0.3) is 0 Å². The summed E-state index contributed by atoms with van der Waals surface area (Å²) in [6.45, 7) is 0. The molecule has 2 rings (SSSR count). The van der Waals surface area contributed by atoms with Gasteiger partial charge in [-0.25, -0.2) is 13.1 Å². The molecule has 0 bridgehead atoms. The Labute approximate surface area is 104 Å². The first kappa shape index (κ1) is 12.1. The van der Waals surface area contributed by atoms with Crippen LogP contribution in [0.2, 0.25) is 0 Å². The van der Waals surface area contributed by atoms with Gasteiger partial charge < -0.3 is 0 Å². The third-order valence-electron chi connectivity index (χ3n) is 2.52. The zero-order valence-electron chi connectivity index (χ0n) is 8.82. The summed E-state index contributed by atoms with van der Waals surface area (Å²) in [6, 6.07) is 7.23. The molecule has 0 saturated heterocycles. The molecule has 1 aromatic carbocycles. The first-order valence-electron chi connectivity index (χ1n) is 5.29. The highest BCUT2D eigenvalue weighted by atomic mass is 79.9. The summed E-state index contributed by atoms with van der Waals surface area (Å²) >= 11 is 3.35. The molecule has 88 valence electrons. The molecule has 0 aliphatic heterocycles. The van der Waals surface area contributed by atoms with E-state index < -0.39 is 10.0 Å². The van der Waals surface area contributed by atoms with Crippen LogP contribution >= 0.6 is 15.9 Å². The number of hydrogen-bond acceptors (Lipinski definition) is 2. The summed E-state index contributed by atoms with van der Waals surface area (Å²) in [5, 5.41) is 0.888. The normalized spacial score (nSPS) is 16.3. The number of halogens is 1. The summed E-state index contributed by atoms with van der Waals surface area (Å²) < 4.78 is 26.3. The molecule has 0 atom stereocenters. The van der Waals surface area contributed by atoms with Gasteiger partial charge in [0, 0.05) is 11.4 Å². The lowest BCUT2D eigenvalue weighted by Gasteiger charge is -2.06. The fraction of sp³-hybridized carbons (Fsp3) is 0.455. The number of sulfonamides is 1. The van der Waals surface area contributed by atoms with Gasteiger partial charge in [-0.3, -0.25) is 0 Å². The smallest absolute Gasteiger partial charge is 0.208 e. The van der Waals surface area contributed by atoms with Crippen molar-refractivity contribution in [1.29, 1.82) is 0 Å². The highest BCUT2D eigenvalue weighted by Crippen LogP contribution is 2.22. The fourth-order valence-electron chi connectivity index (χ4n) is 1.43. The van der Waals surface area contributed by atoms with Gasteiger partial charge in [-0.2, -0.15) is 0 Å². The first-order chi connectivity index (χ1) is 7.62. The first-order valence-corrected chi connectivity index (χ1v) is 7.89. The Balaban J connectivity index is 2.13. The van der Waals surface area contributed by atoms with E-state index in [2.05, 4.69) is 20.7 Å². The Hall–Kier alpha value is -0.390. The van der Waals surface area contributed by atoms with Crippen LogP contribution in [0.1, 0.15) is 18.4 Å². The Bertz CT molecular complexity index is 451. The molecular weight excluding hydrogens is 290 g/mol. The second-order valence-corrected chi connectivity index (χ2v) is 6.49. The van der Waals surface area contributed by atoms with Crippen molar-refractivity contribution in [3.63, 3.8) is 0 Å². The topological polar surface area (TPSA) is 46.2 Å². The van der Waals surface area contributed by atoms with Crippen LogP contribution in [0.15, 0.2) is 29.2 Å². The van der Waals surface area contributed by atoms with E-state index in [-0.39, 0.29) is 6.04 Å². The molecule has 1 aromatic rings. The van der Waals surface area contributed by atoms with Gasteiger partial charge in [-0.05, 0) is 37.0 Å². The van der Waals surface area contributed by atoms with Crippen LogP contribution in [0.4, 0.5) is 0 Å². The van der Waals surface area contributed by atoms with E-state index >= 15 is 0 Å². The molecular formula is C11H14BrNO2S. The summed E-state index contributed by atoms with van der Waals surface area (Å²) in [5.74, 6) is 0. The van der Waals surface area contributed by atoms with Crippen LogP contribution < -0.4 is 4.72 Å². The maximum atomic E-state index is 11.8. The SMILES string of the molecule is O=S(=O)(NC1CC1)c1ccc(CCBr)cc1. The van der Waals surface area contributed by atoms with E-state index in [0.717, 1.165) is 30.2 Å². The fourth-order valence-corrected chi connectivity index (χ4v) is 3.20. The molecule has 0 radical (unpaired) electrons. The van der Waals surface area contributed by atoms with Crippen molar-refractivity contribution in [3.05, 3.63) is 29.8 Å².